The zero-order valence-corrected chi connectivity index (χ0v) is 8.57. The van der Waals surface area contributed by atoms with Gasteiger partial charge in [0.05, 0.1) is 0 Å². The van der Waals surface area contributed by atoms with Crippen molar-refractivity contribution in [1.29, 1.82) is 0 Å². The van der Waals surface area contributed by atoms with Crippen LogP contribution in [0.3, 0.4) is 0 Å². The minimum Gasteiger partial charge on any atom is -0.364 e. The van der Waals surface area contributed by atoms with Crippen molar-refractivity contribution < 1.29 is 4.79 Å². The standard InChI is InChI=1S/C9H17N5O/c10-6-1-3-7(4-2-6)14-5-8(9(11)15)12-13-14/h5-7,12-13H,1-4,10H2,(H2,11,15). The monoisotopic (exact) mass is 211 g/mol. The largest absolute Gasteiger partial charge is 0.364 e. The number of nitrogens with one attached hydrogen (secondary N) is 2. The van der Waals surface area contributed by atoms with Gasteiger partial charge in [0, 0.05) is 18.3 Å². The molecule has 1 fully saturated rings. The second-order valence-electron chi connectivity index (χ2n) is 4.12. The van der Waals surface area contributed by atoms with Gasteiger partial charge in [-0.05, 0) is 25.7 Å². The van der Waals surface area contributed by atoms with Gasteiger partial charge in [-0.3, -0.25) is 15.2 Å². The van der Waals surface area contributed by atoms with Crippen molar-refractivity contribution in [2.75, 3.05) is 0 Å². The highest BCUT2D eigenvalue weighted by molar-refractivity contribution is 5.91. The Bertz CT molecular complexity index is 282. The third kappa shape index (κ3) is 2.21. The van der Waals surface area contributed by atoms with Crippen LogP contribution in [0.1, 0.15) is 25.7 Å². The second-order valence-corrected chi connectivity index (χ2v) is 4.12. The number of hydrogen-bond acceptors (Lipinski definition) is 5. The predicted octanol–water partition coefficient (Wildman–Crippen LogP) is -1.09. The molecule has 84 valence electrons. The highest BCUT2D eigenvalue weighted by Gasteiger charge is 2.26. The maximum absolute atomic E-state index is 10.9. The topological polar surface area (TPSA) is 96.4 Å². The number of hydrazine groups is 2. The zero-order valence-electron chi connectivity index (χ0n) is 8.57. The van der Waals surface area contributed by atoms with Gasteiger partial charge in [0.25, 0.3) is 5.91 Å². The maximum atomic E-state index is 10.9. The first-order valence-corrected chi connectivity index (χ1v) is 5.24. The van der Waals surface area contributed by atoms with Gasteiger partial charge >= 0.3 is 0 Å². The summed E-state index contributed by atoms with van der Waals surface area (Å²) < 4.78 is 0. The SMILES string of the molecule is NC(=O)C1=CN(C2CCC(N)CC2)NN1. The quantitative estimate of drug-likeness (QED) is 0.465. The molecule has 0 saturated heterocycles. The van der Waals surface area contributed by atoms with E-state index in [1.54, 1.807) is 6.20 Å². The number of amides is 1. The van der Waals surface area contributed by atoms with Crippen LogP contribution < -0.4 is 22.4 Å². The molecule has 1 amide bonds. The number of carbonyl (C=O) groups excluding carboxylic acids is 1. The van der Waals surface area contributed by atoms with E-state index in [9.17, 15) is 4.79 Å². The molecule has 1 aliphatic carbocycles. The van der Waals surface area contributed by atoms with Crippen LogP contribution in [-0.4, -0.2) is 23.0 Å². The molecule has 0 bridgehead atoms. The van der Waals surface area contributed by atoms with Crippen LogP contribution in [0, 0.1) is 0 Å². The Balaban J connectivity index is 1.93. The summed E-state index contributed by atoms with van der Waals surface area (Å²) in [6.45, 7) is 0. The van der Waals surface area contributed by atoms with E-state index in [0.717, 1.165) is 25.7 Å². The van der Waals surface area contributed by atoms with Gasteiger partial charge in [0.15, 0.2) is 0 Å². The third-order valence-corrected chi connectivity index (χ3v) is 2.99. The number of hydrogen-bond donors (Lipinski definition) is 4. The van der Waals surface area contributed by atoms with E-state index in [2.05, 4.69) is 11.0 Å². The van der Waals surface area contributed by atoms with Crippen LogP contribution in [-0.2, 0) is 4.79 Å². The highest BCUT2D eigenvalue weighted by Crippen LogP contribution is 2.22. The molecule has 0 atom stereocenters. The number of rotatable bonds is 2. The molecule has 6 nitrogen and oxygen atoms in total. The number of nitrogens with two attached hydrogens (primary N) is 2. The summed E-state index contributed by atoms with van der Waals surface area (Å²) in [5, 5.41) is 1.91. The molecule has 0 aromatic carbocycles. The summed E-state index contributed by atoms with van der Waals surface area (Å²) in [7, 11) is 0. The van der Waals surface area contributed by atoms with E-state index < -0.39 is 5.91 Å². The van der Waals surface area contributed by atoms with E-state index in [1.807, 2.05) is 5.01 Å². The van der Waals surface area contributed by atoms with Crippen LogP contribution in [0.2, 0.25) is 0 Å². The number of carbonyl (C=O) groups is 1. The fraction of sp³-hybridized carbons (Fsp3) is 0.667. The van der Waals surface area contributed by atoms with Crippen LogP contribution in [0.5, 0.6) is 0 Å². The first-order valence-electron chi connectivity index (χ1n) is 5.24. The molecule has 1 aliphatic heterocycles. The molecule has 2 rings (SSSR count). The fourth-order valence-corrected chi connectivity index (χ4v) is 2.03. The Morgan fingerprint density at radius 3 is 2.60 bits per heavy atom. The molecule has 15 heavy (non-hydrogen) atoms. The lowest BCUT2D eigenvalue weighted by molar-refractivity contribution is -0.114. The molecule has 0 radical (unpaired) electrons. The molecule has 0 spiro atoms. The Kier molecular flexibility index (Phi) is 2.79. The van der Waals surface area contributed by atoms with E-state index in [4.69, 9.17) is 11.5 Å². The maximum Gasteiger partial charge on any atom is 0.267 e. The fourth-order valence-electron chi connectivity index (χ4n) is 2.03. The number of nitrogens with zero attached hydrogens (tertiary/aromatic N) is 1. The van der Waals surface area contributed by atoms with E-state index >= 15 is 0 Å². The molecule has 2 aliphatic rings. The lowest BCUT2D eigenvalue weighted by Crippen LogP contribution is -2.46. The van der Waals surface area contributed by atoms with Crippen molar-refractivity contribution in [2.45, 2.75) is 37.8 Å². The smallest absolute Gasteiger partial charge is 0.267 e. The van der Waals surface area contributed by atoms with Gasteiger partial charge in [-0.2, -0.15) is 0 Å². The van der Waals surface area contributed by atoms with Crippen LogP contribution in [0.15, 0.2) is 11.9 Å². The van der Waals surface area contributed by atoms with Gasteiger partial charge in [-0.25, -0.2) is 0 Å². The Morgan fingerprint density at radius 2 is 2.07 bits per heavy atom. The highest BCUT2D eigenvalue weighted by atomic mass is 16.1. The Labute approximate surface area is 88.6 Å². The molecule has 6 N–H and O–H groups in total. The van der Waals surface area contributed by atoms with Crippen molar-refractivity contribution in [3.8, 4) is 0 Å². The first-order chi connectivity index (χ1) is 7.16. The van der Waals surface area contributed by atoms with Gasteiger partial charge in [-0.15, -0.1) is 5.53 Å². The molecule has 0 aromatic heterocycles. The summed E-state index contributed by atoms with van der Waals surface area (Å²) in [6, 6.07) is 0.727. The van der Waals surface area contributed by atoms with E-state index in [0.29, 0.717) is 17.8 Å². The van der Waals surface area contributed by atoms with Crippen molar-refractivity contribution in [3.63, 3.8) is 0 Å². The minimum atomic E-state index is -0.447. The summed E-state index contributed by atoms with van der Waals surface area (Å²) in [5.41, 5.74) is 17.1. The first kappa shape index (κ1) is 10.3. The molecule has 1 heterocycles. The average molecular weight is 211 g/mol. The average Bonchev–Trinajstić information content (AvgIpc) is 2.68. The minimum absolute atomic E-state index is 0.330. The third-order valence-electron chi connectivity index (χ3n) is 2.99. The van der Waals surface area contributed by atoms with Crippen LogP contribution >= 0.6 is 0 Å². The summed E-state index contributed by atoms with van der Waals surface area (Å²) in [4.78, 5) is 10.9. The normalized spacial score (nSPS) is 31.0. The molecular weight excluding hydrogens is 194 g/mol. The van der Waals surface area contributed by atoms with E-state index in [-0.39, 0.29) is 0 Å². The molecule has 0 aromatic rings. The summed E-state index contributed by atoms with van der Waals surface area (Å²) in [5.74, 6) is -0.447. The second kappa shape index (κ2) is 4.08. The van der Waals surface area contributed by atoms with Crippen molar-refractivity contribution in [1.82, 2.24) is 16.0 Å². The van der Waals surface area contributed by atoms with Gasteiger partial charge < -0.3 is 11.5 Å². The predicted molar refractivity (Wildman–Crippen MR) is 55.6 cm³/mol. The molecule has 6 heteroatoms. The lowest BCUT2D eigenvalue weighted by atomic mass is 9.91. The van der Waals surface area contributed by atoms with Gasteiger partial charge in [0.1, 0.15) is 5.70 Å². The lowest BCUT2D eigenvalue weighted by Gasteiger charge is -2.32. The Hall–Kier alpha value is -1.27. The van der Waals surface area contributed by atoms with Crippen molar-refractivity contribution >= 4 is 5.91 Å². The molecular formula is C9H17N5O. The Morgan fingerprint density at radius 1 is 1.40 bits per heavy atom. The van der Waals surface area contributed by atoms with Gasteiger partial charge in [-0.1, -0.05) is 0 Å². The summed E-state index contributed by atoms with van der Waals surface area (Å²) in [6.07, 6.45) is 5.87. The molecule has 0 unspecified atom stereocenters. The van der Waals surface area contributed by atoms with Crippen molar-refractivity contribution in [3.05, 3.63) is 11.9 Å². The van der Waals surface area contributed by atoms with E-state index in [1.165, 1.54) is 0 Å². The molecule has 1 saturated carbocycles. The van der Waals surface area contributed by atoms with Crippen LogP contribution in [0.4, 0.5) is 0 Å². The summed E-state index contributed by atoms with van der Waals surface area (Å²) >= 11 is 0. The van der Waals surface area contributed by atoms with Crippen LogP contribution in [0.25, 0.3) is 0 Å². The zero-order chi connectivity index (χ0) is 10.8. The number of primary amides is 1. The van der Waals surface area contributed by atoms with Crippen molar-refractivity contribution in [2.24, 2.45) is 11.5 Å². The van der Waals surface area contributed by atoms with Gasteiger partial charge in [0.2, 0.25) is 0 Å².